The molecule has 0 aromatic rings. The quantitative estimate of drug-likeness (QED) is 0.236. The molecule has 0 radical (unpaired) electrons. The molecule has 1 saturated carbocycles. The Balaban J connectivity index is 0.00000312. The van der Waals surface area contributed by atoms with Crippen LogP contribution in [-0.4, -0.2) is 52.0 Å². The molecule has 5 nitrogen and oxygen atoms in total. The van der Waals surface area contributed by atoms with Crippen molar-refractivity contribution < 1.29 is 9.47 Å². The summed E-state index contributed by atoms with van der Waals surface area (Å²) in [5.41, 5.74) is 0.412. The Hall–Kier alpha value is -0.0800. The molecule has 1 saturated heterocycles. The Morgan fingerprint density at radius 2 is 1.92 bits per heavy atom. The number of hydrogen-bond donors (Lipinski definition) is 2. The molecule has 0 aromatic carbocycles. The zero-order valence-electron chi connectivity index (χ0n) is 16.1. The Morgan fingerprint density at radius 1 is 1.20 bits per heavy atom. The van der Waals surface area contributed by atoms with Gasteiger partial charge < -0.3 is 20.1 Å². The van der Waals surface area contributed by atoms with Crippen LogP contribution in [0.1, 0.15) is 58.8 Å². The van der Waals surface area contributed by atoms with E-state index in [2.05, 4.69) is 24.5 Å². The molecule has 0 atom stereocenters. The number of hydrogen-bond acceptors (Lipinski definition) is 3. The summed E-state index contributed by atoms with van der Waals surface area (Å²) in [6, 6.07) is 0. The lowest BCUT2D eigenvalue weighted by Gasteiger charge is -2.22. The third-order valence-electron chi connectivity index (χ3n) is 5.23. The molecule has 0 bridgehead atoms. The first kappa shape index (κ1) is 23.0. The van der Waals surface area contributed by atoms with E-state index in [0.29, 0.717) is 11.3 Å². The minimum Gasteiger partial charge on any atom is -0.381 e. The molecule has 25 heavy (non-hydrogen) atoms. The number of nitrogens with one attached hydrogen (secondary N) is 2. The van der Waals surface area contributed by atoms with Gasteiger partial charge in [0.25, 0.3) is 0 Å². The summed E-state index contributed by atoms with van der Waals surface area (Å²) in [5.74, 6) is 1.65. The fourth-order valence-corrected chi connectivity index (χ4v) is 3.54. The molecule has 2 aliphatic rings. The van der Waals surface area contributed by atoms with E-state index in [1.807, 2.05) is 0 Å². The summed E-state index contributed by atoms with van der Waals surface area (Å²) in [6.07, 6.45) is 8.67. The van der Waals surface area contributed by atoms with Gasteiger partial charge in [0.2, 0.25) is 0 Å². The van der Waals surface area contributed by atoms with Crippen LogP contribution in [0, 0.1) is 11.3 Å². The predicted octanol–water partition coefficient (Wildman–Crippen LogP) is 3.57. The van der Waals surface area contributed by atoms with E-state index in [4.69, 9.17) is 14.5 Å². The minimum absolute atomic E-state index is 0. The van der Waals surface area contributed by atoms with Crippen LogP contribution in [0.5, 0.6) is 0 Å². The second-order valence-electron chi connectivity index (χ2n) is 7.62. The van der Waals surface area contributed by atoms with Gasteiger partial charge in [0.1, 0.15) is 0 Å². The standard InChI is InChI=1S/C19H37N3O2.HI/c1-3-20-18(22-16-19(2)9-4-5-10-19)21-11-6-12-24-15-17-7-13-23-14-8-17;/h17H,3-16H2,1-2H3,(H2,20,21,22);1H. The summed E-state index contributed by atoms with van der Waals surface area (Å²) in [6.45, 7) is 10.7. The van der Waals surface area contributed by atoms with E-state index in [-0.39, 0.29) is 24.0 Å². The Morgan fingerprint density at radius 3 is 2.60 bits per heavy atom. The van der Waals surface area contributed by atoms with E-state index in [1.165, 1.54) is 25.7 Å². The van der Waals surface area contributed by atoms with Gasteiger partial charge in [0.15, 0.2) is 5.96 Å². The number of halogens is 1. The van der Waals surface area contributed by atoms with E-state index in [9.17, 15) is 0 Å². The SMILES string of the molecule is CCNC(=NCC1(C)CCCC1)NCCCOCC1CCOCC1.I. The summed E-state index contributed by atoms with van der Waals surface area (Å²) >= 11 is 0. The topological polar surface area (TPSA) is 54.9 Å². The highest BCUT2D eigenvalue weighted by molar-refractivity contribution is 14.0. The average molecular weight is 467 g/mol. The van der Waals surface area contributed by atoms with Gasteiger partial charge in [-0.1, -0.05) is 19.8 Å². The largest absolute Gasteiger partial charge is 0.381 e. The highest BCUT2D eigenvalue weighted by atomic mass is 127. The normalized spacial score (nSPS) is 21.0. The van der Waals surface area contributed by atoms with Crippen molar-refractivity contribution in [2.45, 2.75) is 58.8 Å². The summed E-state index contributed by atoms with van der Waals surface area (Å²) in [7, 11) is 0. The van der Waals surface area contributed by atoms with Crippen LogP contribution < -0.4 is 10.6 Å². The van der Waals surface area contributed by atoms with E-state index >= 15 is 0 Å². The first-order valence-electron chi connectivity index (χ1n) is 9.89. The van der Waals surface area contributed by atoms with Crippen LogP contribution in [0.2, 0.25) is 0 Å². The molecule has 0 unspecified atom stereocenters. The zero-order valence-corrected chi connectivity index (χ0v) is 18.5. The predicted molar refractivity (Wildman–Crippen MR) is 115 cm³/mol. The van der Waals surface area contributed by atoms with Crippen LogP contribution in [0.3, 0.4) is 0 Å². The van der Waals surface area contributed by atoms with E-state index in [1.54, 1.807) is 0 Å². The van der Waals surface area contributed by atoms with E-state index in [0.717, 1.165) is 71.3 Å². The highest BCUT2D eigenvalue weighted by Gasteiger charge is 2.28. The van der Waals surface area contributed by atoms with Gasteiger partial charge in [0, 0.05) is 46.1 Å². The van der Waals surface area contributed by atoms with Crippen molar-refractivity contribution in [3.05, 3.63) is 0 Å². The van der Waals surface area contributed by atoms with Crippen molar-refractivity contribution in [1.82, 2.24) is 10.6 Å². The van der Waals surface area contributed by atoms with Crippen LogP contribution in [0.25, 0.3) is 0 Å². The van der Waals surface area contributed by atoms with Crippen molar-refractivity contribution in [1.29, 1.82) is 0 Å². The third-order valence-corrected chi connectivity index (χ3v) is 5.23. The van der Waals surface area contributed by atoms with Gasteiger partial charge in [0.05, 0.1) is 0 Å². The first-order chi connectivity index (χ1) is 11.7. The lowest BCUT2D eigenvalue weighted by atomic mass is 9.89. The number of guanidine groups is 1. The molecule has 6 heteroatoms. The van der Waals surface area contributed by atoms with Crippen LogP contribution in [0.4, 0.5) is 0 Å². The molecule has 2 N–H and O–H groups in total. The van der Waals surface area contributed by atoms with Gasteiger partial charge >= 0.3 is 0 Å². The molecule has 1 aliphatic carbocycles. The average Bonchev–Trinajstić information content (AvgIpc) is 3.03. The monoisotopic (exact) mass is 467 g/mol. The summed E-state index contributed by atoms with van der Waals surface area (Å²) < 4.78 is 11.2. The molecule has 148 valence electrons. The fraction of sp³-hybridized carbons (Fsp3) is 0.947. The summed E-state index contributed by atoms with van der Waals surface area (Å²) in [4.78, 5) is 4.80. The molecule has 2 rings (SSSR count). The maximum absolute atomic E-state index is 5.82. The van der Waals surface area contributed by atoms with Gasteiger partial charge in [-0.15, -0.1) is 24.0 Å². The summed E-state index contributed by atoms with van der Waals surface area (Å²) in [5, 5.41) is 6.79. The maximum atomic E-state index is 5.82. The van der Waals surface area contributed by atoms with Gasteiger partial charge in [-0.05, 0) is 50.4 Å². The Bertz CT molecular complexity index is 368. The smallest absolute Gasteiger partial charge is 0.191 e. The van der Waals surface area contributed by atoms with Crippen LogP contribution in [-0.2, 0) is 9.47 Å². The molecule has 0 spiro atoms. The Kier molecular flexibility index (Phi) is 12.1. The zero-order chi connectivity index (χ0) is 17.1. The number of nitrogens with zero attached hydrogens (tertiary/aromatic N) is 1. The van der Waals surface area contributed by atoms with Crippen molar-refractivity contribution in [3.63, 3.8) is 0 Å². The molecule has 2 fully saturated rings. The van der Waals surface area contributed by atoms with Crippen LogP contribution in [0.15, 0.2) is 4.99 Å². The molecule has 0 aromatic heterocycles. The maximum Gasteiger partial charge on any atom is 0.191 e. The molecular formula is C19H38IN3O2. The van der Waals surface area contributed by atoms with E-state index < -0.39 is 0 Å². The number of ether oxygens (including phenoxy) is 2. The van der Waals surface area contributed by atoms with Crippen molar-refractivity contribution in [2.24, 2.45) is 16.3 Å². The van der Waals surface area contributed by atoms with Gasteiger partial charge in [-0.2, -0.15) is 0 Å². The van der Waals surface area contributed by atoms with Crippen LogP contribution >= 0.6 is 24.0 Å². The van der Waals surface area contributed by atoms with Crippen molar-refractivity contribution >= 4 is 29.9 Å². The lowest BCUT2D eigenvalue weighted by Crippen LogP contribution is -2.39. The number of rotatable bonds is 9. The van der Waals surface area contributed by atoms with Crippen molar-refractivity contribution in [3.8, 4) is 0 Å². The Labute approximate surface area is 171 Å². The molecular weight excluding hydrogens is 429 g/mol. The first-order valence-corrected chi connectivity index (χ1v) is 9.89. The lowest BCUT2D eigenvalue weighted by molar-refractivity contribution is 0.0203. The fourth-order valence-electron chi connectivity index (χ4n) is 3.54. The van der Waals surface area contributed by atoms with Gasteiger partial charge in [-0.25, -0.2) is 0 Å². The molecule has 1 aliphatic heterocycles. The second kappa shape index (κ2) is 13.1. The third kappa shape index (κ3) is 9.43. The highest BCUT2D eigenvalue weighted by Crippen LogP contribution is 2.37. The van der Waals surface area contributed by atoms with Crippen molar-refractivity contribution in [2.75, 3.05) is 46.1 Å². The van der Waals surface area contributed by atoms with Gasteiger partial charge in [-0.3, -0.25) is 4.99 Å². The number of aliphatic imine (C=N–C) groups is 1. The minimum atomic E-state index is 0. The molecule has 0 amide bonds. The second-order valence-corrected chi connectivity index (χ2v) is 7.62. The molecule has 1 heterocycles.